The molecule has 0 bridgehead atoms. The van der Waals surface area contributed by atoms with Crippen molar-refractivity contribution in [3.63, 3.8) is 0 Å². The number of ether oxygens (including phenoxy) is 1. The summed E-state index contributed by atoms with van der Waals surface area (Å²) in [6, 6.07) is 13.7. The SMILES string of the molecule is CCOc1ccc(-c2[nH]c3c(C)cccc3c2CC(=O)O)cc1. The molecule has 0 amide bonds. The second-order valence-electron chi connectivity index (χ2n) is 5.50. The number of aromatic nitrogens is 1. The van der Waals surface area contributed by atoms with E-state index in [9.17, 15) is 9.90 Å². The molecule has 1 aromatic heterocycles. The van der Waals surface area contributed by atoms with Gasteiger partial charge in [0.2, 0.25) is 0 Å². The van der Waals surface area contributed by atoms with Crippen molar-refractivity contribution in [1.82, 2.24) is 4.98 Å². The Labute approximate surface area is 134 Å². The third-order valence-electron chi connectivity index (χ3n) is 3.93. The topological polar surface area (TPSA) is 62.3 Å². The number of benzene rings is 2. The van der Waals surface area contributed by atoms with E-state index in [0.717, 1.165) is 39.0 Å². The van der Waals surface area contributed by atoms with Crippen molar-refractivity contribution < 1.29 is 14.6 Å². The van der Waals surface area contributed by atoms with Crippen molar-refractivity contribution in [3.05, 3.63) is 53.6 Å². The Balaban J connectivity index is 2.15. The van der Waals surface area contributed by atoms with Gasteiger partial charge in [-0.05, 0) is 54.8 Å². The van der Waals surface area contributed by atoms with Crippen LogP contribution in [-0.4, -0.2) is 22.7 Å². The van der Waals surface area contributed by atoms with E-state index in [1.165, 1.54) is 0 Å². The fourth-order valence-corrected chi connectivity index (χ4v) is 2.89. The van der Waals surface area contributed by atoms with Gasteiger partial charge in [0.1, 0.15) is 5.75 Å². The molecule has 4 nitrogen and oxygen atoms in total. The van der Waals surface area contributed by atoms with Crippen LogP contribution in [0.3, 0.4) is 0 Å². The number of H-pyrrole nitrogens is 1. The smallest absolute Gasteiger partial charge is 0.307 e. The minimum Gasteiger partial charge on any atom is -0.494 e. The second-order valence-corrected chi connectivity index (χ2v) is 5.50. The molecular formula is C19H19NO3. The van der Waals surface area contributed by atoms with Gasteiger partial charge in [-0.3, -0.25) is 4.79 Å². The average Bonchev–Trinajstić information content (AvgIpc) is 2.88. The lowest BCUT2D eigenvalue weighted by Gasteiger charge is -2.06. The van der Waals surface area contributed by atoms with E-state index in [2.05, 4.69) is 4.98 Å². The Kier molecular flexibility index (Phi) is 4.06. The number of aliphatic carboxylic acids is 1. The summed E-state index contributed by atoms with van der Waals surface area (Å²) in [6.07, 6.45) is -0.00794. The van der Waals surface area contributed by atoms with E-state index in [1.807, 2.05) is 56.3 Å². The summed E-state index contributed by atoms with van der Waals surface area (Å²) in [5.41, 5.74) is 4.74. The van der Waals surface area contributed by atoms with Gasteiger partial charge in [-0.2, -0.15) is 0 Å². The largest absolute Gasteiger partial charge is 0.494 e. The number of hydrogen-bond acceptors (Lipinski definition) is 2. The molecule has 0 aliphatic rings. The number of carbonyl (C=O) groups is 1. The number of aryl methyl sites for hydroxylation is 1. The van der Waals surface area contributed by atoms with Crippen molar-refractivity contribution in [1.29, 1.82) is 0 Å². The van der Waals surface area contributed by atoms with Gasteiger partial charge in [-0.25, -0.2) is 0 Å². The first-order valence-electron chi connectivity index (χ1n) is 7.65. The quantitative estimate of drug-likeness (QED) is 0.743. The van der Waals surface area contributed by atoms with E-state index >= 15 is 0 Å². The molecule has 0 unspecified atom stereocenters. The lowest BCUT2D eigenvalue weighted by molar-refractivity contribution is -0.136. The fourth-order valence-electron chi connectivity index (χ4n) is 2.89. The van der Waals surface area contributed by atoms with E-state index in [-0.39, 0.29) is 6.42 Å². The predicted octanol–water partition coefficient (Wildman–Crippen LogP) is 4.17. The highest BCUT2D eigenvalue weighted by Gasteiger charge is 2.16. The van der Waals surface area contributed by atoms with Gasteiger partial charge in [0.15, 0.2) is 0 Å². The van der Waals surface area contributed by atoms with Gasteiger partial charge in [-0.15, -0.1) is 0 Å². The minimum atomic E-state index is -0.834. The molecule has 3 aromatic rings. The maximum absolute atomic E-state index is 11.3. The summed E-state index contributed by atoms with van der Waals surface area (Å²) < 4.78 is 5.47. The summed E-state index contributed by atoms with van der Waals surface area (Å²) in [6.45, 7) is 4.58. The maximum atomic E-state index is 11.3. The number of aromatic amines is 1. The van der Waals surface area contributed by atoms with Crippen LogP contribution in [0.4, 0.5) is 0 Å². The Hall–Kier alpha value is -2.75. The highest BCUT2D eigenvalue weighted by molar-refractivity contribution is 5.95. The van der Waals surface area contributed by atoms with Gasteiger partial charge in [0.25, 0.3) is 0 Å². The molecule has 0 atom stereocenters. The monoisotopic (exact) mass is 309 g/mol. The number of carboxylic acids is 1. The summed E-state index contributed by atoms with van der Waals surface area (Å²) >= 11 is 0. The van der Waals surface area contributed by atoms with Gasteiger partial charge in [-0.1, -0.05) is 18.2 Å². The Bertz CT molecular complexity index is 847. The number of hydrogen-bond donors (Lipinski definition) is 2. The van der Waals surface area contributed by atoms with Crippen LogP contribution in [-0.2, 0) is 11.2 Å². The van der Waals surface area contributed by atoms with Crippen molar-refractivity contribution in [2.24, 2.45) is 0 Å². The Morgan fingerprint density at radius 1 is 1.17 bits per heavy atom. The molecule has 0 spiro atoms. The number of para-hydroxylation sites is 1. The summed E-state index contributed by atoms with van der Waals surface area (Å²) in [4.78, 5) is 14.7. The number of rotatable bonds is 5. The van der Waals surface area contributed by atoms with Crippen molar-refractivity contribution in [3.8, 4) is 17.0 Å². The Morgan fingerprint density at radius 2 is 1.91 bits per heavy atom. The lowest BCUT2D eigenvalue weighted by atomic mass is 10.0. The molecule has 0 radical (unpaired) electrons. The van der Waals surface area contributed by atoms with Crippen LogP contribution in [0.5, 0.6) is 5.75 Å². The van der Waals surface area contributed by atoms with Crippen molar-refractivity contribution in [2.75, 3.05) is 6.61 Å². The van der Waals surface area contributed by atoms with Gasteiger partial charge in [0, 0.05) is 10.9 Å². The van der Waals surface area contributed by atoms with Crippen LogP contribution >= 0.6 is 0 Å². The van der Waals surface area contributed by atoms with Gasteiger partial charge < -0.3 is 14.8 Å². The summed E-state index contributed by atoms with van der Waals surface area (Å²) in [5.74, 6) is -0.0251. The van der Waals surface area contributed by atoms with Gasteiger partial charge >= 0.3 is 5.97 Å². The second kappa shape index (κ2) is 6.16. The van der Waals surface area contributed by atoms with Crippen LogP contribution in [0.25, 0.3) is 22.2 Å². The van der Waals surface area contributed by atoms with E-state index < -0.39 is 5.97 Å². The number of carboxylic acid groups (broad SMARTS) is 1. The molecule has 0 fully saturated rings. The number of fused-ring (bicyclic) bond motifs is 1. The number of nitrogens with one attached hydrogen (secondary N) is 1. The molecule has 3 rings (SSSR count). The summed E-state index contributed by atoms with van der Waals surface area (Å²) in [5, 5.41) is 10.2. The van der Waals surface area contributed by atoms with Crippen LogP contribution < -0.4 is 4.74 Å². The van der Waals surface area contributed by atoms with Crippen molar-refractivity contribution >= 4 is 16.9 Å². The first kappa shape index (κ1) is 15.2. The zero-order valence-corrected chi connectivity index (χ0v) is 13.2. The van der Waals surface area contributed by atoms with Crippen LogP contribution in [0.2, 0.25) is 0 Å². The van der Waals surface area contributed by atoms with E-state index in [1.54, 1.807) is 0 Å². The molecule has 2 aromatic carbocycles. The molecule has 0 saturated carbocycles. The van der Waals surface area contributed by atoms with Crippen LogP contribution in [0.15, 0.2) is 42.5 Å². The highest BCUT2D eigenvalue weighted by Crippen LogP contribution is 2.33. The third kappa shape index (κ3) is 2.93. The summed E-state index contributed by atoms with van der Waals surface area (Å²) in [7, 11) is 0. The van der Waals surface area contributed by atoms with Gasteiger partial charge in [0.05, 0.1) is 18.7 Å². The standard InChI is InChI=1S/C19H19NO3/c1-3-23-14-9-7-13(8-10-14)19-16(11-17(21)22)15-6-4-5-12(2)18(15)20-19/h4-10,20H,3,11H2,1-2H3,(H,21,22). The average molecular weight is 309 g/mol. The van der Waals surface area contributed by atoms with Crippen molar-refractivity contribution in [2.45, 2.75) is 20.3 Å². The Morgan fingerprint density at radius 3 is 2.57 bits per heavy atom. The molecule has 0 saturated heterocycles. The van der Waals surface area contributed by atoms with E-state index in [4.69, 9.17) is 4.74 Å². The zero-order valence-electron chi connectivity index (χ0n) is 13.2. The molecule has 2 N–H and O–H groups in total. The first-order chi connectivity index (χ1) is 11.1. The molecular weight excluding hydrogens is 290 g/mol. The normalized spacial score (nSPS) is 10.9. The first-order valence-corrected chi connectivity index (χ1v) is 7.65. The molecule has 118 valence electrons. The van der Waals surface area contributed by atoms with Crippen LogP contribution in [0, 0.1) is 6.92 Å². The minimum absolute atomic E-state index is 0.00794. The maximum Gasteiger partial charge on any atom is 0.307 e. The highest BCUT2D eigenvalue weighted by atomic mass is 16.5. The molecule has 0 aliphatic carbocycles. The predicted molar refractivity (Wildman–Crippen MR) is 91.0 cm³/mol. The van der Waals surface area contributed by atoms with Crippen LogP contribution in [0.1, 0.15) is 18.1 Å². The lowest BCUT2D eigenvalue weighted by Crippen LogP contribution is -2.01. The van der Waals surface area contributed by atoms with E-state index in [0.29, 0.717) is 6.61 Å². The zero-order chi connectivity index (χ0) is 16.4. The molecule has 0 aliphatic heterocycles. The molecule has 4 heteroatoms. The molecule has 23 heavy (non-hydrogen) atoms. The third-order valence-corrected chi connectivity index (χ3v) is 3.93. The molecule has 1 heterocycles. The fraction of sp³-hybridized carbons (Fsp3) is 0.211.